The fourth-order valence-corrected chi connectivity index (χ4v) is 5.93. The van der Waals surface area contributed by atoms with E-state index in [9.17, 15) is 4.79 Å². The van der Waals surface area contributed by atoms with Crippen molar-refractivity contribution in [1.82, 2.24) is 14.8 Å². The zero-order valence-corrected chi connectivity index (χ0v) is 17.7. The molecule has 0 bridgehead atoms. The Hall–Kier alpha value is -1.43. The minimum absolute atomic E-state index is 0.0994. The van der Waals surface area contributed by atoms with Gasteiger partial charge in [-0.1, -0.05) is 25.3 Å². The molecule has 0 radical (unpaired) electrons. The van der Waals surface area contributed by atoms with Gasteiger partial charge in [-0.15, -0.1) is 0 Å². The number of aryl methyl sites for hydroxylation is 1. The molecule has 1 aromatic rings. The maximum absolute atomic E-state index is 11.9. The molecule has 0 amide bonds. The highest BCUT2D eigenvalue weighted by atomic mass is 32.2. The van der Waals surface area contributed by atoms with Crippen LogP contribution in [0, 0.1) is 6.92 Å². The van der Waals surface area contributed by atoms with Gasteiger partial charge in [-0.3, -0.25) is 9.79 Å². The molecule has 1 saturated heterocycles. The lowest BCUT2D eigenvalue weighted by atomic mass is 9.87. The number of guanidine groups is 1. The third kappa shape index (κ3) is 5.31. The molecule has 0 aromatic carbocycles. The van der Waals surface area contributed by atoms with E-state index in [1.807, 2.05) is 30.7 Å². The second kappa shape index (κ2) is 9.67. The van der Waals surface area contributed by atoms with E-state index in [1.54, 1.807) is 6.07 Å². The summed E-state index contributed by atoms with van der Waals surface area (Å²) in [6.07, 6.45) is 8.91. The highest BCUT2D eigenvalue weighted by Gasteiger charge is 2.38. The van der Waals surface area contributed by atoms with Crippen molar-refractivity contribution < 1.29 is 0 Å². The SMILES string of the molecule is CN=C(NCCCCn1c(C)cccc1=O)N1CCSC2(CCCCC2)C1. The molecule has 1 saturated carbocycles. The number of hydrogen-bond donors (Lipinski definition) is 1. The van der Waals surface area contributed by atoms with E-state index in [0.717, 1.165) is 50.7 Å². The molecule has 1 spiro atoms. The van der Waals surface area contributed by atoms with Crippen LogP contribution in [0.3, 0.4) is 0 Å². The van der Waals surface area contributed by atoms with E-state index >= 15 is 0 Å². The van der Waals surface area contributed by atoms with E-state index in [0.29, 0.717) is 4.75 Å². The molecular formula is C21H34N4OS. The van der Waals surface area contributed by atoms with Crippen molar-refractivity contribution in [3.63, 3.8) is 0 Å². The van der Waals surface area contributed by atoms with Crippen LogP contribution in [0.25, 0.3) is 0 Å². The molecule has 0 unspecified atom stereocenters. The summed E-state index contributed by atoms with van der Waals surface area (Å²) in [6, 6.07) is 5.47. The van der Waals surface area contributed by atoms with Crippen molar-refractivity contribution in [2.45, 2.75) is 63.2 Å². The summed E-state index contributed by atoms with van der Waals surface area (Å²) >= 11 is 2.19. The molecule has 1 aliphatic heterocycles. The Balaban J connectivity index is 1.44. The van der Waals surface area contributed by atoms with Crippen LogP contribution in [-0.4, -0.2) is 52.6 Å². The third-order valence-corrected chi connectivity index (χ3v) is 7.42. The lowest BCUT2D eigenvalue weighted by Gasteiger charge is -2.45. The van der Waals surface area contributed by atoms with Gasteiger partial charge in [-0.2, -0.15) is 11.8 Å². The van der Waals surface area contributed by atoms with Gasteiger partial charge in [0.1, 0.15) is 0 Å². The topological polar surface area (TPSA) is 49.6 Å². The van der Waals surface area contributed by atoms with Crippen LogP contribution < -0.4 is 10.9 Å². The molecule has 1 aliphatic carbocycles. The first-order valence-corrected chi connectivity index (χ1v) is 11.4. The van der Waals surface area contributed by atoms with Gasteiger partial charge >= 0.3 is 0 Å². The fraction of sp³-hybridized carbons (Fsp3) is 0.714. The van der Waals surface area contributed by atoms with Crippen molar-refractivity contribution in [3.8, 4) is 0 Å². The minimum atomic E-state index is 0.0994. The van der Waals surface area contributed by atoms with Gasteiger partial charge in [-0.25, -0.2) is 0 Å². The standard InChI is InChI=1S/C21H34N4OS/c1-18-9-8-10-19(26)25(18)14-7-6-13-23-20(22-2)24-15-16-27-21(17-24)11-4-3-5-12-21/h8-10H,3-7,11-17H2,1-2H3,(H,22,23). The maximum atomic E-state index is 11.9. The Labute approximate surface area is 167 Å². The quantitative estimate of drug-likeness (QED) is 0.476. The van der Waals surface area contributed by atoms with Gasteiger partial charge in [0.25, 0.3) is 5.56 Å². The van der Waals surface area contributed by atoms with Gasteiger partial charge in [-0.05, 0) is 38.7 Å². The molecule has 1 aromatic heterocycles. The summed E-state index contributed by atoms with van der Waals surface area (Å²) in [5, 5.41) is 3.56. The third-order valence-electron chi connectivity index (χ3n) is 5.88. The van der Waals surface area contributed by atoms with Crippen LogP contribution in [0.5, 0.6) is 0 Å². The number of thioether (sulfide) groups is 1. The Morgan fingerprint density at radius 3 is 2.81 bits per heavy atom. The summed E-state index contributed by atoms with van der Waals surface area (Å²) in [5.41, 5.74) is 1.14. The van der Waals surface area contributed by atoms with Crippen LogP contribution in [0.15, 0.2) is 28.0 Å². The van der Waals surface area contributed by atoms with Gasteiger partial charge in [0, 0.05) is 55.5 Å². The summed E-state index contributed by atoms with van der Waals surface area (Å²) < 4.78 is 2.32. The molecule has 6 heteroatoms. The molecule has 2 aliphatic rings. The van der Waals surface area contributed by atoms with Crippen molar-refractivity contribution in [2.75, 3.05) is 32.4 Å². The number of hydrogen-bond acceptors (Lipinski definition) is 3. The first-order chi connectivity index (χ1) is 13.1. The number of nitrogens with one attached hydrogen (secondary N) is 1. The highest BCUT2D eigenvalue weighted by molar-refractivity contribution is 8.00. The number of aromatic nitrogens is 1. The normalized spacial score (nSPS) is 20.1. The Kier molecular flexibility index (Phi) is 7.27. The van der Waals surface area contributed by atoms with Crippen LogP contribution in [0.4, 0.5) is 0 Å². The molecule has 27 heavy (non-hydrogen) atoms. The largest absolute Gasteiger partial charge is 0.356 e. The monoisotopic (exact) mass is 390 g/mol. The minimum Gasteiger partial charge on any atom is -0.356 e. The molecule has 5 nitrogen and oxygen atoms in total. The lowest BCUT2D eigenvalue weighted by molar-refractivity contribution is 0.293. The average molecular weight is 391 g/mol. The lowest BCUT2D eigenvalue weighted by Crippen LogP contribution is -2.53. The predicted octanol–water partition coefficient (Wildman–Crippen LogP) is 3.26. The molecule has 3 rings (SSSR count). The molecular weight excluding hydrogens is 356 g/mol. The van der Waals surface area contributed by atoms with Crippen molar-refractivity contribution in [2.24, 2.45) is 4.99 Å². The second-order valence-electron chi connectivity index (χ2n) is 7.85. The van der Waals surface area contributed by atoms with Gasteiger partial charge in [0.2, 0.25) is 0 Å². The Morgan fingerprint density at radius 2 is 2.07 bits per heavy atom. The van der Waals surface area contributed by atoms with E-state index in [-0.39, 0.29) is 5.56 Å². The number of pyridine rings is 1. The van der Waals surface area contributed by atoms with Crippen LogP contribution in [0.1, 0.15) is 50.6 Å². The summed E-state index contributed by atoms with van der Waals surface area (Å²) in [5.74, 6) is 2.25. The van der Waals surface area contributed by atoms with E-state index < -0.39 is 0 Å². The molecule has 0 atom stereocenters. The highest BCUT2D eigenvalue weighted by Crippen LogP contribution is 2.42. The van der Waals surface area contributed by atoms with Crippen LogP contribution in [-0.2, 0) is 6.54 Å². The molecule has 2 heterocycles. The smallest absolute Gasteiger partial charge is 0.250 e. The summed E-state index contributed by atoms with van der Waals surface area (Å²) in [4.78, 5) is 18.9. The molecule has 2 fully saturated rings. The van der Waals surface area contributed by atoms with E-state index in [2.05, 4.69) is 27.0 Å². The van der Waals surface area contributed by atoms with Crippen LogP contribution in [0.2, 0.25) is 0 Å². The molecule has 1 N–H and O–H groups in total. The Morgan fingerprint density at radius 1 is 1.26 bits per heavy atom. The zero-order valence-electron chi connectivity index (χ0n) is 16.9. The fourth-order valence-electron chi connectivity index (χ4n) is 4.36. The predicted molar refractivity (Wildman–Crippen MR) is 116 cm³/mol. The maximum Gasteiger partial charge on any atom is 0.250 e. The van der Waals surface area contributed by atoms with Crippen molar-refractivity contribution in [3.05, 3.63) is 34.2 Å². The number of nitrogens with zero attached hydrogens (tertiary/aromatic N) is 3. The van der Waals surface area contributed by atoms with Gasteiger partial charge in [0.15, 0.2) is 5.96 Å². The van der Waals surface area contributed by atoms with E-state index in [1.165, 1.54) is 37.9 Å². The first-order valence-electron chi connectivity index (χ1n) is 10.4. The molecule has 150 valence electrons. The number of rotatable bonds is 5. The second-order valence-corrected chi connectivity index (χ2v) is 9.41. The Bertz CT molecular complexity index is 688. The first kappa shape index (κ1) is 20.3. The summed E-state index contributed by atoms with van der Waals surface area (Å²) in [7, 11) is 1.89. The van der Waals surface area contributed by atoms with Gasteiger partial charge in [0.05, 0.1) is 0 Å². The van der Waals surface area contributed by atoms with Crippen LogP contribution >= 0.6 is 11.8 Å². The van der Waals surface area contributed by atoms with Crippen molar-refractivity contribution in [1.29, 1.82) is 0 Å². The average Bonchev–Trinajstić information content (AvgIpc) is 2.67. The summed E-state index contributed by atoms with van der Waals surface area (Å²) in [6.45, 7) is 5.91. The number of unbranched alkanes of at least 4 members (excludes halogenated alkanes) is 1. The zero-order chi connectivity index (χ0) is 19.1. The van der Waals surface area contributed by atoms with Crippen molar-refractivity contribution >= 4 is 17.7 Å². The van der Waals surface area contributed by atoms with Gasteiger partial charge < -0.3 is 14.8 Å². The number of aliphatic imine (C=N–C) groups is 1. The van der Waals surface area contributed by atoms with E-state index in [4.69, 9.17) is 0 Å².